The smallest absolute Gasteiger partial charge is 0.251 e. The number of hydrogen-bond acceptors (Lipinski definition) is 5. The zero-order valence-corrected chi connectivity index (χ0v) is 19.5. The van der Waals surface area contributed by atoms with E-state index in [1.807, 2.05) is 37.3 Å². The molecule has 0 spiro atoms. The number of pyridine rings is 1. The quantitative estimate of drug-likeness (QED) is 0.266. The van der Waals surface area contributed by atoms with Gasteiger partial charge in [-0.3, -0.25) is 19.8 Å². The molecular formula is C27H31N3O4. The van der Waals surface area contributed by atoms with Gasteiger partial charge in [0.1, 0.15) is 12.4 Å². The van der Waals surface area contributed by atoms with Crippen LogP contribution in [0.3, 0.4) is 0 Å². The van der Waals surface area contributed by atoms with Crippen LogP contribution >= 0.6 is 0 Å². The molecule has 1 heterocycles. The third kappa shape index (κ3) is 5.72. The maximum Gasteiger partial charge on any atom is 0.251 e. The number of benzene rings is 2. The van der Waals surface area contributed by atoms with Gasteiger partial charge in [-0.05, 0) is 56.2 Å². The molecule has 0 unspecified atom stereocenters. The van der Waals surface area contributed by atoms with Crippen molar-refractivity contribution in [1.82, 2.24) is 15.8 Å². The van der Waals surface area contributed by atoms with Crippen molar-refractivity contribution in [1.29, 1.82) is 0 Å². The van der Waals surface area contributed by atoms with E-state index in [2.05, 4.69) is 10.3 Å². The van der Waals surface area contributed by atoms with E-state index in [4.69, 9.17) is 9.94 Å². The van der Waals surface area contributed by atoms with E-state index < -0.39 is 11.4 Å². The minimum absolute atomic E-state index is 0.0652. The van der Waals surface area contributed by atoms with Gasteiger partial charge in [-0.2, -0.15) is 0 Å². The molecule has 0 aliphatic heterocycles. The summed E-state index contributed by atoms with van der Waals surface area (Å²) in [5.41, 5.74) is 4.51. The Hall–Kier alpha value is -3.45. The van der Waals surface area contributed by atoms with Gasteiger partial charge in [-0.25, -0.2) is 5.48 Å². The molecule has 34 heavy (non-hydrogen) atoms. The van der Waals surface area contributed by atoms with E-state index >= 15 is 0 Å². The summed E-state index contributed by atoms with van der Waals surface area (Å²) in [5, 5.41) is 13.2. The molecule has 3 N–H and O–H groups in total. The lowest BCUT2D eigenvalue weighted by atomic mass is 9.86. The number of hydrogen-bond donors (Lipinski definition) is 3. The molecule has 1 saturated carbocycles. The predicted molar refractivity (Wildman–Crippen MR) is 130 cm³/mol. The number of aromatic nitrogens is 1. The fraction of sp³-hybridized carbons (Fsp3) is 0.370. The predicted octanol–water partition coefficient (Wildman–Crippen LogP) is 4.84. The molecule has 1 aromatic heterocycles. The van der Waals surface area contributed by atoms with Crippen LogP contribution in [0.2, 0.25) is 0 Å². The standard InChI is InChI=1S/C27H31N3O4/c1-19-16-21(23-8-4-5-9-24(23)28-19)18-34-22-12-10-20(11-13-22)26(32)29-27(17-25(31)30-33)14-6-2-3-7-15-27/h4-5,8-13,16,33H,2-3,6-7,14-15,17-18H2,1H3,(H,29,32)(H,30,31). The summed E-state index contributed by atoms with van der Waals surface area (Å²) < 4.78 is 6.00. The van der Waals surface area contributed by atoms with Gasteiger partial charge in [0.2, 0.25) is 5.91 Å². The fourth-order valence-corrected chi connectivity index (χ4v) is 4.79. The van der Waals surface area contributed by atoms with Crippen LogP contribution in [-0.2, 0) is 11.4 Å². The van der Waals surface area contributed by atoms with Crippen LogP contribution in [0.15, 0.2) is 54.6 Å². The lowest BCUT2D eigenvalue weighted by Gasteiger charge is -2.33. The zero-order valence-electron chi connectivity index (χ0n) is 19.5. The number of nitrogens with one attached hydrogen (secondary N) is 2. The number of carbonyl (C=O) groups is 2. The largest absolute Gasteiger partial charge is 0.489 e. The van der Waals surface area contributed by atoms with E-state index in [9.17, 15) is 9.59 Å². The third-order valence-corrected chi connectivity index (χ3v) is 6.50. The monoisotopic (exact) mass is 461 g/mol. The summed E-state index contributed by atoms with van der Waals surface area (Å²) in [4.78, 5) is 29.5. The van der Waals surface area contributed by atoms with Crippen molar-refractivity contribution in [2.24, 2.45) is 0 Å². The number of amides is 2. The first-order valence-electron chi connectivity index (χ1n) is 11.8. The Bertz CT molecular complexity index is 1150. The van der Waals surface area contributed by atoms with Crippen LogP contribution in [0.1, 0.15) is 66.6 Å². The number of rotatable bonds is 7. The maximum atomic E-state index is 13.0. The van der Waals surface area contributed by atoms with Crippen LogP contribution in [0.25, 0.3) is 10.9 Å². The maximum absolute atomic E-state index is 13.0. The average Bonchev–Trinajstić information content (AvgIpc) is 3.07. The molecule has 0 radical (unpaired) electrons. The van der Waals surface area contributed by atoms with Gasteiger partial charge in [0.25, 0.3) is 5.91 Å². The summed E-state index contributed by atoms with van der Waals surface area (Å²) >= 11 is 0. The third-order valence-electron chi connectivity index (χ3n) is 6.50. The second-order valence-electron chi connectivity index (χ2n) is 9.11. The first kappa shape index (κ1) is 23.7. The molecule has 1 aliphatic rings. The lowest BCUT2D eigenvalue weighted by Crippen LogP contribution is -2.50. The Labute approximate surface area is 199 Å². The van der Waals surface area contributed by atoms with E-state index in [1.165, 1.54) is 0 Å². The first-order valence-corrected chi connectivity index (χ1v) is 11.8. The first-order chi connectivity index (χ1) is 16.5. The minimum Gasteiger partial charge on any atom is -0.489 e. The molecule has 7 heteroatoms. The molecule has 7 nitrogen and oxygen atoms in total. The Balaban J connectivity index is 1.43. The van der Waals surface area contributed by atoms with Gasteiger partial charge in [-0.1, -0.05) is 43.9 Å². The van der Waals surface area contributed by atoms with Crippen molar-refractivity contribution in [3.05, 3.63) is 71.4 Å². The van der Waals surface area contributed by atoms with Crippen LogP contribution in [0.5, 0.6) is 5.75 Å². The highest BCUT2D eigenvalue weighted by Gasteiger charge is 2.35. The Morgan fingerprint density at radius 3 is 2.44 bits per heavy atom. The molecule has 1 aliphatic carbocycles. The van der Waals surface area contributed by atoms with Gasteiger partial charge < -0.3 is 10.1 Å². The number of aryl methyl sites for hydroxylation is 1. The van der Waals surface area contributed by atoms with Crippen molar-refractivity contribution in [3.63, 3.8) is 0 Å². The van der Waals surface area contributed by atoms with Crippen molar-refractivity contribution in [2.45, 2.75) is 64.0 Å². The molecule has 0 saturated heterocycles. The molecule has 0 atom stereocenters. The molecule has 2 aromatic carbocycles. The van der Waals surface area contributed by atoms with Crippen molar-refractivity contribution in [3.8, 4) is 5.75 Å². The fourth-order valence-electron chi connectivity index (χ4n) is 4.79. The molecule has 178 valence electrons. The summed E-state index contributed by atoms with van der Waals surface area (Å²) in [5.74, 6) is -0.0429. The summed E-state index contributed by atoms with van der Waals surface area (Å²) in [6, 6.07) is 17.0. The van der Waals surface area contributed by atoms with E-state index in [1.54, 1.807) is 29.7 Å². The number of hydroxylamine groups is 1. The summed E-state index contributed by atoms with van der Waals surface area (Å²) in [6.07, 6.45) is 5.53. The van der Waals surface area contributed by atoms with Crippen molar-refractivity contribution < 1.29 is 19.5 Å². The zero-order chi connectivity index (χ0) is 24.0. The van der Waals surface area contributed by atoms with Gasteiger partial charge >= 0.3 is 0 Å². The van der Waals surface area contributed by atoms with Gasteiger partial charge in [-0.15, -0.1) is 0 Å². The summed E-state index contributed by atoms with van der Waals surface area (Å²) in [7, 11) is 0. The highest BCUT2D eigenvalue weighted by atomic mass is 16.5. The SMILES string of the molecule is Cc1cc(COc2ccc(C(=O)NC3(CC(=O)NO)CCCCCC3)cc2)c2ccccc2n1. The normalized spacial score (nSPS) is 15.4. The highest BCUT2D eigenvalue weighted by Crippen LogP contribution is 2.30. The van der Waals surface area contributed by atoms with Crippen LogP contribution < -0.4 is 15.5 Å². The molecule has 2 amide bonds. The van der Waals surface area contributed by atoms with Gasteiger partial charge in [0, 0.05) is 27.7 Å². The van der Waals surface area contributed by atoms with Gasteiger partial charge in [0.15, 0.2) is 0 Å². The highest BCUT2D eigenvalue weighted by molar-refractivity contribution is 5.95. The Kier molecular flexibility index (Phi) is 7.43. The number of carbonyl (C=O) groups excluding carboxylic acids is 2. The van der Waals surface area contributed by atoms with Crippen LogP contribution in [-0.4, -0.2) is 27.5 Å². The molecule has 1 fully saturated rings. The minimum atomic E-state index is -0.643. The van der Waals surface area contributed by atoms with Crippen LogP contribution in [0, 0.1) is 6.92 Å². The average molecular weight is 462 g/mol. The molecule has 4 rings (SSSR count). The van der Waals surface area contributed by atoms with E-state index in [-0.39, 0.29) is 12.3 Å². The van der Waals surface area contributed by atoms with Gasteiger partial charge in [0.05, 0.1) is 11.9 Å². The number of nitrogens with zero attached hydrogens (tertiary/aromatic N) is 1. The van der Waals surface area contributed by atoms with E-state index in [0.717, 1.165) is 47.8 Å². The van der Waals surface area contributed by atoms with Crippen LogP contribution in [0.4, 0.5) is 0 Å². The van der Waals surface area contributed by atoms with E-state index in [0.29, 0.717) is 30.8 Å². The Morgan fingerprint density at radius 2 is 1.74 bits per heavy atom. The van der Waals surface area contributed by atoms with Crippen molar-refractivity contribution >= 4 is 22.7 Å². The second kappa shape index (κ2) is 10.7. The summed E-state index contributed by atoms with van der Waals surface area (Å²) in [6.45, 7) is 2.36. The topological polar surface area (TPSA) is 101 Å². The number of fused-ring (bicyclic) bond motifs is 1. The molecule has 3 aromatic rings. The molecule has 0 bridgehead atoms. The lowest BCUT2D eigenvalue weighted by molar-refractivity contribution is -0.130. The number of para-hydroxylation sites is 1. The Morgan fingerprint density at radius 1 is 1.03 bits per heavy atom. The molecular weight excluding hydrogens is 430 g/mol. The van der Waals surface area contributed by atoms with Crippen molar-refractivity contribution in [2.75, 3.05) is 0 Å². The number of ether oxygens (including phenoxy) is 1. The second-order valence-corrected chi connectivity index (χ2v) is 9.11.